The Bertz CT molecular complexity index is 1510. The van der Waals surface area contributed by atoms with Crippen molar-refractivity contribution in [1.82, 2.24) is 9.88 Å². The van der Waals surface area contributed by atoms with Crippen LogP contribution in [0, 0.1) is 13.8 Å². The van der Waals surface area contributed by atoms with Crippen molar-refractivity contribution in [1.29, 1.82) is 0 Å². The molecule has 0 spiro atoms. The lowest BCUT2D eigenvalue weighted by molar-refractivity contribution is 0.174. The largest absolute Gasteiger partial charge is 0.494 e. The maximum atomic E-state index is 13.1. The molecular weight excluding hydrogens is 486 g/mol. The number of anilines is 1. The van der Waals surface area contributed by atoms with E-state index < -0.39 is 0 Å². The SMILES string of the molecule is CCOc1ccc(NC(=S)N(Cc2ccc3c(c2)OCO3)Cc2cc3ccc(C)c(C)c3[nH]c2=O)cc1. The molecule has 1 aromatic heterocycles. The molecule has 2 heterocycles. The maximum Gasteiger partial charge on any atom is 0.253 e. The smallest absolute Gasteiger partial charge is 0.253 e. The molecule has 0 atom stereocenters. The van der Waals surface area contributed by atoms with Gasteiger partial charge in [-0.2, -0.15) is 0 Å². The number of thiocarbonyl (C=S) groups is 1. The first kappa shape index (κ1) is 24.6. The number of rotatable bonds is 7. The summed E-state index contributed by atoms with van der Waals surface area (Å²) in [5.41, 5.74) is 5.41. The first-order valence-electron chi connectivity index (χ1n) is 12.2. The van der Waals surface area contributed by atoms with Gasteiger partial charge in [0.15, 0.2) is 16.6 Å². The Morgan fingerprint density at radius 2 is 1.81 bits per heavy atom. The number of aromatic amines is 1. The molecule has 1 aliphatic heterocycles. The van der Waals surface area contributed by atoms with E-state index in [0.717, 1.165) is 44.8 Å². The monoisotopic (exact) mass is 515 g/mol. The van der Waals surface area contributed by atoms with E-state index in [1.807, 2.05) is 80.3 Å². The van der Waals surface area contributed by atoms with Crippen molar-refractivity contribution in [2.45, 2.75) is 33.9 Å². The van der Waals surface area contributed by atoms with Gasteiger partial charge in [-0.3, -0.25) is 4.79 Å². The third-order valence-corrected chi connectivity index (χ3v) is 6.86. The zero-order chi connectivity index (χ0) is 25.9. The van der Waals surface area contributed by atoms with Gasteiger partial charge >= 0.3 is 0 Å². The van der Waals surface area contributed by atoms with E-state index in [1.54, 1.807) is 0 Å². The molecular formula is C29H29N3O4S. The standard InChI is InChI=1S/C29H29N3O4S/c1-4-34-24-10-8-23(9-11-24)30-29(37)32(15-20-6-12-25-26(13-20)36-17-35-25)16-22-14-21-7-5-18(2)19(3)27(21)31-28(22)33/h5-14H,4,15-17H2,1-3H3,(H,30,37)(H,31,33). The second kappa shape index (κ2) is 10.5. The summed E-state index contributed by atoms with van der Waals surface area (Å²) in [6, 6.07) is 19.5. The number of ether oxygens (including phenoxy) is 3. The Hall–Kier alpha value is -4.04. The van der Waals surface area contributed by atoms with Crippen molar-refractivity contribution < 1.29 is 14.2 Å². The van der Waals surface area contributed by atoms with Crippen LogP contribution < -0.4 is 25.1 Å². The second-order valence-electron chi connectivity index (χ2n) is 9.03. The summed E-state index contributed by atoms with van der Waals surface area (Å²) in [5.74, 6) is 2.23. The van der Waals surface area contributed by atoms with E-state index in [2.05, 4.69) is 16.4 Å². The van der Waals surface area contributed by atoms with Crippen LogP contribution >= 0.6 is 12.2 Å². The van der Waals surface area contributed by atoms with Crippen LogP contribution in [0.1, 0.15) is 29.2 Å². The van der Waals surface area contributed by atoms with E-state index in [4.69, 9.17) is 26.4 Å². The fraction of sp³-hybridized carbons (Fsp3) is 0.241. The minimum atomic E-state index is -0.124. The van der Waals surface area contributed by atoms with Gasteiger partial charge in [-0.25, -0.2) is 0 Å². The topological polar surface area (TPSA) is 75.8 Å². The highest BCUT2D eigenvalue weighted by molar-refractivity contribution is 7.80. The van der Waals surface area contributed by atoms with Gasteiger partial charge < -0.3 is 29.4 Å². The number of aryl methyl sites for hydroxylation is 2. The summed E-state index contributed by atoms with van der Waals surface area (Å²) < 4.78 is 16.6. The van der Waals surface area contributed by atoms with E-state index >= 15 is 0 Å². The number of aromatic nitrogens is 1. The summed E-state index contributed by atoms with van der Waals surface area (Å²) in [4.78, 5) is 18.2. The molecule has 0 fully saturated rings. The number of fused-ring (bicyclic) bond motifs is 2. The molecule has 4 aromatic rings. The molecule has 0 aliphatic carbocycles. The Kier molecular flexibility index (Phi) is 7.01. The van der Waals surface area contributed by atoms with Gasteiger partial charge in [0, 0.05) is 17.8 Å². The number of H-pyrrole nitrogens is 1. The Morgan fingerprint density at radius 3 is 2.59 bits per heavy atom. The summed E-state index contributed by atoms with van der Waals surface area (Å²) >= 11 is 5.83. The number of nitrogens with zero attached hydrogens (tertiary/aromatic N) is 1. The third kappa shape index (κ3) is 5.39. The Labute approximate surface area is 221 Å². The van der Waals surface area contributed by atoms with Gasteiger partial charge in [0.05, 0.1) is 18.7 Å². The van der Waals surface area contributed by atoms with Crippen LogP contribution in [0.4, 0.5) is 5.69 Å². The van der Waals surface area contributed by atoms with Crippen molar-refractivity contribution in [2.75, 3.05) is 18.7 Å². The molecule has 190 valence electrons. The summed E-state index contributed by atoms with van der Waals surface area (Å²) in [6.07, 6.45) is 0. The number of hydrogen-bond donors (Lipinski definition) is 2. The molecule has 1 aliphatic rings. The van der Waals surface area contributed by atoms with Crippen LogP contribution in [0.5, 0.6) is 17.2 Å². The number of pyridine rings is 1. The Balaban J connectivity index is 1.44. The highest BCUT2D eigenvalue weighted by Crippen LogP contribution is 2.33. The quantitative estimate of drug-likeness (QED) is 0.307. The molecule has 0 saturated carbocycles. The molecule has 3 aromatic carbocycles. The van der Waals surface area contributed by atoms with E-state index in [9.17, 15) is 4.79 Å². The van der Waals surface area contributed by atoms with Gasteiger partial charge in [-0.05, 0) is 97.5 Å². The van der Waals surface area contributed by atoms with E-state index in [1.165, 1.54) is 0 Å². The number of benzene rings is 3. The lowest BCUT2D eigenvalue weighted by atomic mass is 10.0. The molecule has 0 radical (unpaired) electrons. The zero-order valence-electron chi connectivity index (χ0n) is 21.1. The van der Waals surface area contributed by atoms with Crippen LogP contribution in [0.15, 0.2) is 65.5 Å². The lowest BCUT2D eigenvalue weighted by Crippen LogP contribution is -2.35. The van der Waals surface area contributed by atoms with Crippen LogP contribution in [-0.2, 0) is 13.1 Å². The van der Waals surface area contributed by atoms with Crippen LogP contribution in [-0.4, -0.2) is 28.4 Å². The minimum Gasteiger partial charge on any atom is -0.494 e. The summed E-state index contributed by atoms with van der Waals surface area (Å²) in [6.45, 7) is 7.64. The van der Waals surface area contributed by atoms with E-state index in [0.29, 0.717) is 36.1 Å². The maximum absolute atomic E-state index is 13.1. The number of nitrogens with one attached hydrogen (secondary N) is 2. The lowest BCUT2D eigenvalue weighted by Gasteiger charge is -2.26. The van der Waals surface area contributed by atoms with Crippen molar-refractivity contribution in [2.24, 2.45) is 0 Å². The molecule has 37 heavy (non-hydrogen) atoms. The highest BCUT2D eigenvalue weighted by atomic mass is 32.1. The Morgan fingerprint density at radius 1 is 1.03 bits per heavy atom. The van der Waals surface area contributed by atoms with Gasteiger partial charge in [-0.15, -0.1) is 0 Å². The zero-order valence-corrected chi connectivity index (χ0v) is 21.9. The average molecular weight is 516 g/mol. The highest BCUT2D eigenvalue weighted by Gasteiger charge is 2.18. The van der Waals surface area contributed by atoms with Crippen molar-refractivity contribution in [3.8, 4) is 17.2 Å². The van der Waals surface area contributed by atoms with Crippen LogP contribution in [0.3, 0.4) is 0 Å². The van der Waals surface area contributed by atoms with Gasteiger partial charge in [0.1, 0.15) is 5.75 Å². The average Bonchev–Trinajstić information content (AvgIpc) is 3.36. The summed E-state index contributed by atoms with van der Waals surface area (Å²) in [7, 11) is 0. The first-order chi connectivity index (χ1) is 17.9. The number of hydrogen-bond acceptors (Lipinski definition) is 5. The first-order valence-corrected chi connectivity index (χ1v) is 12.6. The fourth-order valence-corrected chi connectivity index (χ4v) is 4.60. The molecule has 7 nitrogen and oxygen atoms in total. The predicted octanol–water partition coefficient (Wildman–Crippen LogP) is 5.67. The van der Waals surface area contributed by atoms with Gasteiger partial charge in [0.25, 0.3) is 5.56 Å². The predicted molar refractivity (Wildman–Crippen MR) is 150 cm³/mol. The van der Waals surface area contributed by atoms with Crippen molar-refractivity contribution in [3.63, 3.8) is 0 Å². The third-order valence-electron chi connectivity index (χ3n) is 6.50. The van der Waals surface area contributed by atoms with Gasteiger partial charge in [-0.1, -0.05) is 18.2 Å². The normalized spacial score (nSPS) is 12.0. The molecule has 2 N–H and O–H groups in total. The minimum absolute atomic E-state index is 0.124. The van der Waals surface area contributed by atoms with Crippen molar-refractivity contribution in [3.05, 3.63) is 93.3 Å². The fourth-order valence-electron chi connectivity index (χ4n) is 4.36. The van der Waals surface area contributed by atoms with Crippen LogP contribution in [0.2, 0.25) is 0 Å². The molecule has 0 amide bonds. The van der Waals surface area contributed by atoms with Gasteiger partial charge in [0.2, 0.25) is 6.79 Å². The molecule has 8 heteroatoms. The van der Waals surface area contributed by atoms with E-state index in [-0.39, 0.29) is 12.4 Å². The van der Waals surface area contributed by atoms with Crippen LogP contribution in [0.25, 0.3) is 10.9 Å². The molecule has 0 unspecified atom stereocenters. The molecule has 0 bridgehead atoms. The molecule has 5 rings (SSSR count). The van der Waals surface area contributed by atoms with Crippen molar-refractivity contribution >= 4 is 33.9 Å². The summed E-state index contributed by atoms with van der Waals surface area (Å²) in [5, 5.41) is 4.80. The molecule has 0 saturated heterocycles. The second-order valence-corrected chi connectivity index (χ2v) is 9.41.